The number of amides is 2. The van der Waals surface area contributed by atoms with Crippen LogP contribution in [0.25, 0.3) is 0 Å². The minimum atomic E-state index is -0.253. The topological polar surface area (TPSA) is 171 Å². The van der Waals surface area contributed by atoms with Gasteiger partial charge in [0.15, 0.2) is 0 Å². The maximum Gasteiger partial charge on any atom is 0.318 e. The zero-order valence-electron chi connectivity index (χ0n) is 45.6. The molecule has 0 aromatic carbocycles. The molecule has 8 aliphatic rings. The van der Waals surface area contributed by atoms with Gasteiger partial charge in [-0.1, -0.05) is 13.2 Å². The van der Waals surface area contributed by atoms with E-state index in [1.54, 1.807) is 15.4 Å². The van der Waals surface area contributed by atoms with Crippen molar-refractivity contribution in [1.82, 2.24) is 39.5 Å². The van der Waals surface area contributed by atoms with Gasteiger partial charge in [0, 0.05) is 78.8 Å². The summed E-state index contributed by atoms with van der Waals surface area (Å²) in [7, 11) is 4.40. The highest BCUT2D eigenvalue weighted by molar-refractivity contribution is 7.10. The third-order valence-corrected chi connectivity index (χ3v) is 21.5. The summed E-state index contributed by atoms with van der Waals surface area (Å²) in [5, 5.41) is 24.3. The number of anilines is 2. The summed E-state index contributed by atoms with van der Waals surface area (Å²) in [6.45, 7) is 13.9. The minimum Gasteiger partial charge on any atom is -0.462 e. The molecular formula is C60H74N12O4S2. The Bertz CT molecular complexity index is 3050. The van der Waals surface area contributed by atoms with E-state index in [4.69, 9.17) is 29.4 Å². The van der Waals surface area contributed by atoms with Crippen molar-refractivity contribution >= 4 is 46.1 Å². The lowest BCUT2D eigenvalue weighted by atomic mass is 9.64. The van der Waals surface area contributed by atoms with Gasteiger partial charge in [-0.2, -0.15) is 30.5 Å². The van der Waals surface area contributed by atoms with Gasteiger partial charge >= 0.3 is 12.0 Å². The van der Waals surface area contributed by atoms with Gasteiger partial charge in [-0.25, -0.2) is 0 Å². The van der Waals surface area contributed by atoms with Crippen molar-refractivity contribution in [2.75, 3.05) is 89.5 Å². The van der Waals surface area contributed by atoms with Crippen LogP contribution in [0.1, 0.15) is 113 Å². The van der Waals surface area contributed by atoms with E-state index >= 15 is 0 Å². The van der Waals surface area contributed by atoms with Crippen LogP contribution in [0.4, 0.5) is 11.6 Å². The van der Waals surface area contributed by atoms with Crippen molar-refractivity contribution in [3.63, 3.8) is 0 Å². The van der Waals surface area contributed by atoms with Gasteiger partial charge in [-0.3, -0.25) is 14.5 Å². The normalized spacial score (nSPS) is 27.9. The summed E-state index contributed by atoms with van der Waals surface area (Å²) in [6.07, 6.45) is 18.8. The first-order chi connectivity index (χ1) is 37.9. The predicted molar refractivity (Wildman–Crippen MR) is 302 cm³/mol. The summed E-state index contributed by atoms with van der Waals surface area (Å²) in [5.41, 5.74) is 9.42. The van der Waals surface area contributed by atoms with E-state index in [0.717, 1.165) is 132 Å². The van der Waals surface area contributed by atoms with Crippen molar-refractivity contribution < 1.29 is 19.1 Å². The maximum absolute atomic E-state index is 12.9. The SMILES string of the molecule is C=CC(=O)N1CCN(c2nc(OCC3CC(c4csc5c4CC[C@]4(CCc6c(nc(OCC7CCCN7C)nc6N6CCN(C(=O)C=C)C(CC#N)C6)C4)C5)CN3C)nc3c2CCC2(CCc4ccsc4C2)C3)CC1CC#N. The molecule has 7 atom stereocenters. The van der Waals surface area contributed by atoms with Gasteiger partial charge in [0.1, 0.15) is 24.8 Å². The Morgan fingerprint density at radius 1 is 0.679 bits per heavy atom. The number of piperazine rings is 2. The Labute approximate surface area is 467 Å². The largest absolute Gasteiger partial charge is 0.462 e. The summed E-state index contributed by atoms with van der Waals surface area (Å²) in [6, 6.07) is 7.86. The number of fused-ring (bicyclic) bond motifs is 4. The first kappa shape index (κ1) is 52.8. The number of nitrogens with zero attached hydrogens (tertiary/aromatic N) is 12. The third kappa shape index (κ3) is 10.2. The zero-order chi connectivity index (χ0) is 53.7. The van der Waals surface area contributed by atoms with Crippen molar-refractivity contribution in [3.05, 3.63) is 91.1 Å². The molecule has 0 N–H and O–H groups in total. The molecule has 4 aromatic heterocycles. The maximum atomic E-state index is 12.9. The number of hydrogen-bond acceptors (Lipinski definition) is 16. The molecule has 78 heavy (non-hydrogen) atoms. The van der Waals surface area contributed by atoms with E-state index in [-0.39, 0.29) is 53.6 Å². The van der Waals surface area contributed by atoms with Gasteiger partial charge < -0.3 is 34.0 Å². The molecule has 410 valence electrons. The summed E-state index contributed by atoms with van der Waals surface area (Å²) >= 11 is 3.84. The number of carbonyl (C=O) groups excluding carboxylic acids is 2. The number of aromatic nitrogens is 4. The molecular weight excluding hydrogens is 1020 g/mol. The van der Waals surface area contributed by atoms with Crippen LogP contribution in [-0.4, -0.2) is 155 Å². The molecule has 8 heterocycles. The number of ether oxygens (including phenoxy) is 2. The van der Waals surface area contributed by atoms with E-state index < -0.39 is 0 Å². The highest BCUT2D eigenvalue weighted by Gasteiger charge is 2.45. The van der Waals surface area contributed by atoms with Gasteiger partial charge in [0.2, 0.25) is 11.8 Å². The molecule has 0 saturated carbocycles. The fourth-order valence-electron chi connectivity index (χ4n) is 15.0. The zero-order valence-corrected chi connectivity index (χ0v) is 47.2. The van der Waals surface area contributed by atoms with E-state index in [1.807, 2.05) is 22.7 Å². The number of nitriles is 2. The Kier molecular flexibility index (Phi) is 14.9. The van der Waals surface area contributed by atoms with Gasteiger partial charge in [-0.15, -0.1) is 22.7 Å². The van der Waals surface area contributed by atoms with Crippen molar-refractivity contribution in [2.45, 2.75) is 139 Å². The number of aryl methyl sites for hydroxylation is 1. The molecule has 16 nitrogen and oxygen atoms in total. The van der Waals surface area contributed by atoms with Crippen molar-refractivity contribution in [1.29, 1.82) is 10.5 Å². The smallest absolute Gasteiger partial charge is 0.318 e. The van der Waals surface area contributed by atoms with Crippen LogP contribution in [0.5, 0.6) is 12.0 Å². The molecule has 4 aliphatic carbocycles. The molecule has 12 rings (SSSR count). The highest BCUT2D eigenvalue weighted by Crippen LogP contribution is 2.51. The molecule has 4 saturated heterocycles. The quantitative estimate of drug-likeness (QED) is 0.122. The van der Waals surface area contributed by atoms with Crippen LogP contribution in [0, 0.1) is 33.5 Å². The van der Waals surface area contributed by atoms with Crippen molar-refractivity contribution in [3.8, 4) is 24.2 Å². The van der Waals surface area contributed by atoms with Crippen LogP contribution in [0.15, 0.2) is 42.1 Å². The lowest BCUT2D eigenvalue weighted by molar-refractivity contribution is -0.129. The number of likely N-dealkylation sites (tertiary alicyclic amines) is 2. The Morgan fingerprint density at radius 2 is 1.24 bits per heavy atom. The number of thiophene rings is 2. The number of likely N-dealkylation sites (N-methyl/N-ethyl adjacent to an activating group) is 2. The average Bonchev–Trinajstić information content (AvgIpc) is 4.37. The summed E-state index contributed by atoms with van der Waals surface area (Å²) < 4.78 is 13.3. The first-order valence-electron chi connectivity index (χ1n) is 28.7. The van der Waals surface area contributed by atoms with Crippen LogP contribution in [0.2, 0.25) is 0 Å². The average molecular weight is 1090 g/mol. The monoisotopic (exact) mass is 1090 g/mol. The second-order valence-electron chi connectivity index (χ2n) is 24.0. The molecule has 4 aliphatic heterocycles. The molecule has 2 spiro atoms. The van der Waals surface area contributed by atoms with Gasteiger partial charge in [0.25, 0.3) is 0 Å². The number of rotatable bonds is 13. The second-order valence-corrected chi connectivity index (χ2v) is 26.0. The minimum absolute atomic E-state index is 0.0996. The Hall–Kier alpha value is -5.92. The van der Waals surface area contributed by atoms with E-state index in [1.165, 1.54) is 44.2 Å². The molecule has 0 bridgehead atoms. The van der Waals surface area contributed by atoms with Crippen LogP contribution < -0.4 is 19.3 Å². The molecule has 4 fully saturated rings. The first-order valence-corrected chi connectivity index (χ1v) is 30.4. The summed E-state index contributed by atoms with van der Waals surface area (Å²) in [5.74, 6) is 1.95. The van der Waals surface area contributed by atoms with Gasteiger partial charge in [0.05, 0.1) is 48.5 Å². The standard InChI is InChI=1S/C60H74N12O4S2/c1-5-53(73)71-25-23-69(34-41(71)13-20-61)55-47-12-19-60(30-50(47)63-57(65-55)75-36-43-8-7-22-67(43)3)17-10-45-48(38-78-52(45)32-60)40-28-44(68(4)33-40)37-76-58-64-49-29-59(16-9-39-15-27-77-51(39)31-59)18-11-46(49)56(66-58)70-24-26-72(54(74)6-2)42(35-70)14-21-62/h5-6,15,27,38,40-44H,1-2,7-14,16-19,22-26,28-37H2,3-4H3/t40?,41?,42?,43?,44?,59?,60-/m1/s1. The van der Waals surface area contributed by atoms with Crippen LogP contribution >= 0.6 is 22.7 Å². The molecule has 0 radical (unpaired) electrons. The molecule has 6 unspecified atom stereocenters. The highest BCUT2D eigenvalue weighted by atomic mass is 32.1. The Morgan fingerprint density at radius 3 is 1.81 bits per heavy atom. The Balaban J connectivity index is 0.749. The molecule has 18 heteroatoms. The predicted octanol–water partition coefficient (Wildman–Crippen LogP) is 7.29. The third-order valence-electron chi connectivity index (χ3n) is 19.5. The van der Waals surface area contributed by atoms with Crippen molar-refractivity contribution in [2.24, 2.45) is 10.8 Å². The number of hydrogen-bond donors (Lipinski definition) is 0. The number of carbonyl (C=O) groups is 2. The molecule has 4 aromatic rings. The van der Waals surface area contributed by atoms with E-state index in [2.05, 4.69) is 75.8 Å². The van der Waals surface area contributed by atoms with Gasteiger partial charge in [-0.05, 0) is 179 Å². The molecule has 2 amide bonds. The van der Waals surface area contributed by atoms with E-state index in [0.29, 0.717) is 76.5 Å². The van der Waals surface area contributed by atoms with Crippen LogP contribution in [-0.2, 0) is 61.0 Å². The summed E-state index contributed by atoms with van der Waals surface area (Å²) in [4.78, 5) is 62.7. The fourth-order valence-corrected chi connectivity index (χ4v) is 17.4. The fraction of sp³-hybridized carbons (Fsp3) is 0.600. The lowest BCUT2D eigenvalue weighted by Gasteiger charge is -2.44. The van der Waals surface area contributed by atoms with Crippen LogP contribution in [0.3, 0.4) is 0 Å². The van der Waals surface area contributed by atoms with E-state index in [9.17, 15) is 20.1 Å². The second kappa shape index (κ2) is 22.0. The lowest BCUT2D eigenvalue weighted by Crippen LogP contribution is -2.55.